The summed E-state index contributed by atoms with van der Waals surface area (Å²) in [5.74, 6) is -0.300. The summed E-state index contributed by atoms with van der Waals surface area (Å²) in [7, 11) is 0. The molecule has 19 heavy (non-hydrogen) atoms. The molecule has 2 nitrogen and oxygen atoms in total. The van der Waals surface area contributed by atoms with Gasteiger partial charge < -0.3 is 10.0 Å². The zero-order valence-corrected chi connectivity index (χ0v) is 12.1. The van der Waals surface area contributed by atoms with Gasteiger partial charge in [0.15, 0.2) is 0 Å². The van der Waals surface area contributed by atoms with Gasteiger partial charge in [-0.1, -0.05) is 18.5 Å². The minimum Gasteiger partial charge on any atom is -0.389 e. The minimum atomic E-state index is -0.748. The van der Waals surface area contributed by atoms with Gasteiger partial charge >= 0.3 is 0 Å². The summed E-state index contributed by atoms with van der Waals surface area (Å²) in [6.45, 7) is 5.04. The van der Waals surface area contributed by atoms with E-state index in [4.69, 9.17) is 11.6 Å². The number of halogens is 2. The molecule has 0 unspecified atom stereocenters. The third-order valence-electron chi connectivity index (χ3n) is 3.85. The van der Waals surface area contributed by atoms with Crippen LogP contribution in [0.3, 0.4) is 0 Å². The van der Waals surface area contributed by atoms with Crippen LogP contribution < -0.4 is 0 Å². The van der Waals surface area contributed by atoms with Gasteiger partial charge in [0.2, 0.25) is 0 Å². The molecule has 1 saturated heterocycles. The molecule has 106 valence electrons. The summed E-state index contributed by atoms with van der Waals surface area (Å²) in [5.41, 5.74) is -0.0464. The first kappa shape index (κ1) is 14.8. The molecule has 1 aliphatic rings. The second kappa shape index (κ2) is 6.21. The summed E-state index contributed by atoms with van der Waals surface area (Å²) in [5, 5.41) is 11.2. The van der Waals surface area contributed by atoms with Crippen molar-refractivity contribution >= 4 is 11.6 Å². The Morgan fingerprint density at radius 1 is 1.37 bits per heavy atom. The Labute approximate surface area is 119 Å². The van der Waals surface area contributed by atoms with Crippen LogP contribution in [0.5, 0.6) is 0 Å². The van der Waals surface area contributed by atoms with Crippen LogP contribution in [0.4, 0.5) is 4.39 Å². The zero-order chi connectivity index (χ0) is 13.9. The van der Waals surface area contributed by atoms with Gasteiger partial charge in [-0.15, -0.1) is 0 Å². The summed E-state index contributed by atoms with van der Waals surface area (Å²) < 4.78 is 13.2. The Morgan fingerprint density at radius 2 is 2.05 bits per heavy atom. The normalized spacial score (nSPS) is 19.6. The van der Waals surface area contributed by atoms with Crippen molar-refractivity contribution < 1.29 is 9.50 Å². The number of likely N-dealkylation sites (tertiary alicyclic amines) is 1. The van der Waals surface area contributed by atoms with Gasteiger partial charge in [-0.3, -0.25) is 0 Å². The van der Waals surface area contributed by atoms with Crippen LogP contribution in [0.15, 0.2) is 18.2 Å². The Morgan fingerprint density at radius 3 is 2.68 bits per heavy atom. The van der Waals surface area contributed by atoms with Gasteiger partial charge in [0.1, 0.15) is 5.82 Å². The molecule has 0 bridgehead atoms. The lowest BCUT2D eigenvalue weighted by atomic mass is 9.85. The topological polar surface area (TPSA) is 23.5 Å². The number of rotatable bonds is 4. The summed E-state index contributed by atoms with van der Waals surface area (Å²) in [4.78, 5) is 2.36. The molecule has 1 aromatic rings. The van der Waals surface area contributed by atoms with E-state index in [-0.39, 0.29) is 5.82 Å². The van der Waals surface area contributed by atoms with Crippen LogP contribution in [0, 0.1) is 5.82 Å². The number of benzene rings is 1. The van der Waals surface area contributed by atoms with Crippen LogP contribution in [0.1, 0.15) is 31.7 Å². The Hall–Kier alpha value is -0.640. The van der Waals surface area contributed by atoms with E-state index >= 15 is 0 Å². The monoisotopic (exact) mass is 285 g/mol. The number of piperidine rings is 1. The van der Waals surface area contributed by atoms with Crippen molar-refractivity contribution in [2.24, 2.45) is 0 Å². The Bertz CT molecular complexity index is 430. The van der Waals surface area contributed by atoms with Gasteiger partial charge in [0, 0.05) is 24.5 Å². The van der Waals surface area contributed by atoms with E-state index in [1.165, 1.54) is 12.1 Å². The first-order chi connectivity index (χ1) is 9.02. The van der Waals surface area contributed by atoms with Crippen molar-refractivity contribution in [2.75, 3.05) is 19.6 Å². The van der Waals surface area contributed by atoms with Crippen molar-refractivity contribution in [3.63, 3.8) is 0 Å². The van der Waals surface area contributed by atoms with Crippen LogP contribution in [-0.2, 0) is 6.42 Å². The van der Waals surface area contributed by atoms with Gasteiger partial charge in [-0.2, -0.15) is 0 Å². The standard InChI is InChI=1S/C15H21ClFNO/c1-2-7-18-8-5-15(19,6-9-18)11-12-10-13(17)3-4-14(12)16/h3-4,10,19H,2,5-9,11H2,1H3. The molecule has 1 aromatic carbocycles. The predicted octanol–water partition coefficient (Wildman–Crippen LogP) is 3.26. The summed E-state index contributed by atoms with van der Waals surface area (Å²) >= 11 is 6.07. The first-order valence-electron chi connectivity index (χ1n) is 6.91. The second-order valence-corrected chi connectivity index (χ2v) is 5.89. The van der Waals surface area contributed by atoms with Crippen LogP contribution >= 0.6 is 11.6 Å². The fraction of sp³-hybridized carbons (Fsp3) is 0.600. The molecule has 1 aliphatic heterocycles. The van der Waals surface area contributed by atoms with Gasteiger partial charge in [-0.05, 0) is 49.6 Å². The van der Waals surface area contributed by atoms with E-state index in [9.17, 15) is 9.50 Å². The quantitative estimate of drug-likeness (QED) is 0.918. The molecule has 0 saturated carbocycles. The van der Waals surface area contributed by atoms with Crippen molar-refractivity contribution in [3.8, 4) is 0 Å². The highest BCUT2D eigenvalue weighted by molar-refractivity contribution is 6.31. The predicted molar refractivity (Wildman–Crippen MR) is 76.0 cm³/mol. The molecular formula is C15H21ClFNO. The molecule has 0 radical (unpaired) electrons. The largest absolute Gasteiger partial charge is 0.389 e. The zero-order valence-electron chi connectivity index (χ0n) is 11.3. The van der Waals surface area contributed by atoms with E-state index in [1.54, 1.807) is 6.07 Å². The molecule has 1 N–H and O–H groups in total. The van der Waals surface area contributed by atoms with Crippen LogP contribution in [-0.4, -0.2) is 35.2 Å². The molecule has 0 atom stereocenters. The lowest BCUT2D eigenvalue weighted by molar-refractivity contribution is -0.0205. The van der Waals surface area contributed by atoms with E-state index in [0.717, 1.165) is 38.9 Å². The summed E-state index contributed by atoms with van der Waals surface area (Å²) in [6, 6.07) is 4.33. The number of aliphatic hydroxyl groups is 1. The molecule has 0 aromatic heterocycles. The molecule has 0 aliphatic carbocycles. The van der Waals surface area contributed by atoms with Crippen molar-refractivity contribution in [2.45, 2.75) is 38.2 Å². The lowest BCUT2D eigenvalue weighted by Crippen LogP contribution is -2.45. The number of nitrogens with zero attached hydrogens (tertiary/aromatic N) is 1. The highest BCUT2D eigenvalue weighted by Crippen LogP contribution is 2.29. The average molecular weight is 286 g/mol. The van der Waals surface area contributed by atoms with Crippen molar-refractivity contribution in [1.29, 1.82) is 0 Å². The van der Waals surface area contributed by atoms with E-state index in [0.29, 0.717) is 17.0 Å². The first-order valence-corrected chi connectivity index (χ1v) is 7.29. The second-order valence-electron chi connectivity index (χ2n) is 5.48. The third-order valence-corrected chi connectivity index (χ3v) is 4.22. The Kier molecular flexibility index (Phi) is 4.82. The molecule has 1 fully saturated rings. The maximum Gasteiger partial charge on any atom is 0.123 e. The van der Waals surface area contributed by atoms with Crippen molar-refractivity contribution in [3.05, 3.63) is 34.6 Å². The van der Waals surface area contributed by atoms with E-state index in [2.05, 4.69) is 11.8 Å². The van der Waals surface area contributed by atoms with Gasteiger partial charge in [0.05, 0.1) is 5.60 Å². The highest BCUT2D eigenvalue weighted by atomic mass is 35.5. The summed E-state index contributed by atoms with van der Waals surface area (Å²) in [6.07, 6.45) is 3.01. The van der Waals surface area contributed by atoms with Gasteiger partial charge in [0.25, 0.3) is 0 Å². The molecule has 2 rings (SSSR count). The minimum absolute atomic E-state index is 0.300. The molecule has 0 spiro atoms. The number of hydrogen-bond acceptors (Lipinski definition) is 2. The molecule has 4 heteroatoms. The molecule has 1 heterocycles. The average Bonchev–Trinajstić information content (AvgIpc) is 2.37. The maximum absolute atomic E-state index is 13.2. The van der Waals surface area contributed by atoms with Crippen LogP contribution in [0.2, 0.25) is 5.02 Å². The Balaban J connectivity index is 2.00. The smallest absolute Gasteiger partial charge is 0.123 e. The number of hydrogen-bond donors (Lipinski definition) is 1. The molecular weight excluding hydrogens is 265 g/mol. The lowest BCUT2D eigenvalue weighted by Gasteiger charge is -2.38. The highest BCUT2D eigenvalue weighted by Gasteiger charge is 2.32. The van der Waals surface area contributed by atoms with Gasteiger partial charge in [-0.25, -0.2) is 4.39 Å². The SMILES string of the molecule is CCCN1CCC(O)(Cc2cc(F)ccc2Cl)CC1. The van der Waals surface area contributed by atoms with Crippen molar-refractivity contribution in [1.82, 2.24) is 4.90 Å². The fourth-order valence-electron chi connectivity index (χ4n) is 2.72. The molecule has 0 amide bonds. The van der Waals surface area contributed by atoms with E-state index in [1.807, 2.05) is 0 Å². The third kappa shape index (κ3) is 3.91. The maximum atomic E-state index is 13.2. The fourth-order valence-corrected chi connectivity index (χ4v) is 2.90. The van der Waals surface area contributed by atoms with E-state index < -0.39 is 5.60 Å². The van der Waals surface area contributed by atoms with Crippen LogP contribution in [0.25, 0.3) is 0 Å².